The standard InChI is InChI=1S/C16H22N4O3S/c1-5-7-8-11-19-20-16(24-11)18-14(21)13-9(3)12(10(4)17-13)15(22)23-6-2/h17H,5-8H2,1-4H3,(H,18,20,21). The van der Waals surface area contributed by atoms with Gasteiger partial charge in [-0.1, -0.05) is 24.7 Å². The van der Waals surface area contributed by atoms with Crippen molar-refractivity contribution in [2.45, 2.75) is 47.0 Å². The lowest BCUT2D eigenvalue weighted by Crippen LogP contribution is -2.14. The molecule has 0 atom stereocenters. The second kappa shape index (κ2) is 8.05. The van der Waals surface area contributed by atoms with E-state index in [9.17, 15) is 9.59 Å². The van der Waals surface area contributed by atoms with E-state index in [2.05, 4.69) is 27.4 Å². The van der Waals surface area contributed by atoms with Crippen LogP contribution in [0.1, 0.15) is 63.8 Å². The van der Waals surface area contributed by atoms with E-state index in [-0.39, 0.29) is 12.5 Å². The van der Waals surface area contributed by atoms with Gasteiger partial charge in [0.25, 0.3) is 5.91 Å². The third-order valence-electron chi connectivity index (χ3n) is 3.58. The van der Waals surface area contributed by atoms with Crippen molar-refractivity contribution in [2.75, 3.05) is 11.9 Å². The molecule has 8 heteroatoms. The molecule has 0 saturated carbocycles. The summed E-state index contributed by atoms with van der Waals surface area (Å²) in [6, 6.07) is 0. The molecule has 2 rings (SSSR count). The molecule has 24 heavy (non-hydrogen) atoms. The zero-order valence-electron chi connectivity index (χ0n) is 14.4. The van der Waals surface area contributed by atoms with E-state index in [0.29, 0.717) is 27.6 Å². The van der Waals surface area contributed by atoms with Crippen molar-refractivity contribution in [3.05, 3.63) is 27.5 Å². The number of hydrogen-bond acceptors (Lipinski definition) is 6. The topological polar surface area (TPSA) is 97.0 Å². The first kappa shape index (κ1) is 18.1. The Labute approximate surface area is 144 Å². The maximum absolute atomic E-state index is 12.4. The third kappa shape index (κ3) is 4.00. The normalized spacial score (nSPS) is 10.7. The van der Waals surface area contributed by atoms with Crippen LogP contribution in [0.4, 0.5) is 5.13 Å². The highest BCUT2D eigenvalue weighted by atomic mass is 32.1. The SMILES string of the molecule is CCCCc1nnc(NC(=O)c2[nH]c(C)c(C(=O)OCC)c2C)s1. The molecule has 0 radical (unpaired) electrons. The Morgan fingerprint density at radius 3 is 2.67 bits per heavy atom. The number of aryl methyl sites for hydroxylation is 2. The number of aromatic nitrogens is 3. The van der Waals surface area contributed by atoms with Crippen molar-refractivity contribution in [2.24, 2.45) is 0 Å². The van der Waals surface area contributed by atoms with Gasteiger partial charge in [-0.25, -0.2) is 4.79 Å². The smallest absolute Gasteiger partial charge is 0.340 e. The van der Waals surface area contributed by atoms with Gasteiger partial charge in [-0.05, 0) is 32.8 Å². The summed E-state index contributed by atoms with van der Waals surface area (Å²) in [6.45, 7) is 7.60. The summed E-state index contributed by atoms with van der Waals surface area (Å²) < 4.78 is 5.03. The zero-order chi connectivity index (χ0) is 17.7. The molecule has 0 unspecified atom stereocenters. The van der Waals surface area contributed by atoms with Crippen molar-refractivity contribution < 1.29 is 14.3 Å². The average Bonchev–Trinajstić information content (AvgIpc) is 3.09. The molecule has 0 aliphatic carbocycles. The number of hydrogen-bond donors (Lipinski definition) is 2. The Kier molecular flexibility index (Phi) is 6.08. The number of carbonyl (C=O) groups excluding carboxylic acids is 2. The lowest BCUT2D eigenvalue weighted by atomic mass is 10.1. The quantitative estimate of drug-likeness (QED) is 0.747. The number of anilines is 1. The molecule has 2 aromatic heterocycles. The second-order valence-electron chi connectivity index (χ2n) is 5.40. The summed E-state index contributed by atoms with van der Waals surface area (Å²) in [5.41, 5.74) is 1.92. The largest absolute Gasteiger partial charge is 0.462 e. The number of nitrogens with zero attached hydrogens (tertiary/aromatic N) is 2. The lowest BCUT2D eigenvalue weighted by Gasteiger charge is -2.03. The monoisotopic (exact) mass is 350 g/mol. The van der Waals surface area contributed by atoms with Gasteiger partial charge in [0.15, 0.2) is 0 Å². The first-order valence-electron chi connectivity index (χ1n) is 7.97. The summed E-state index contributed by atoms with van der Waals surface area (Å²) in [5.74, 6) is -0.773. The molecule has 1 amide bonds. The van der Waals surface area contributed by atoms with Gasteiger partial charge < -0.3 is 9.72 Å². The van der Waals surface area contributed by atoms with Crippen LogP contribution in [0.2, 0.25) is 0 Å². The van der Waals surface area contributed by atoms with Gasteiger partial charge in [-0.15, -0.1) is 10.2 Å². The Morgan fingerprint density at radius 1 is 1.25 bits per heavy atom. The highest BCUT2D eigenvalue weighted by molar-refractivity contribution is 7.15. The fourth-order valence-electron chi connectivity index (χ4n) is 2.38. The van der Waals surface area contributed by atoms with Crippen LogP contribution in [-0.4, -0.2) is 33.7 Å². The van der Waals surface area contributed by atoms with E-state index >= 15 is 0 Å². The second-order valence-corrected chi connectivity index (χ2v) is 6.47. The van der Waals surface area contributed by atoms with Crippen LogP contribution < -0.4 is 5.32 Å². The van der Waals surface area contributed by atoms with E-state index < -0.39 is 5.97 Å². The number of ether oxygens (including phenoxy) is 1. The van der Waals surface area contributed by atoms with Crippen LogP contribution in [0.25, 0.3) is 0 Å². The van der Waals surface area contributed by atoms with Crippen molar-refractivity contribution in [1.29, 1.82) is 0 Å². The van der Waals surface area contributed by atoms with E-state index in [4.69, 9.17) is 4.74 Å². The summed E-state index contributed by atoms with van der Waals surface area (Å²) in [6.07, 6.45) is 2.98. The Bertz CT molecular complexity index is 736. The van der Waals surface area contributed by atoms with Crippen LogP contribution >= 0.6 is 11.3 Å². The van der Waals surface area contributed by atoms with Gasteiger partial charge in [0.05, 0.1) is 12.2 Å². The number of amides is 1. The van der Waals surface area contributed by atoms with Crippen LogP contribution in [0, 0.1) is 13.8 Å². The summed E-state index contributed by atoms with van der Waals surface area (Å²) in [5, 5.41) is 12.1. The fraction of sp³-hybridized carbons (Fsp3) is 0.500. The Morgan fingerprint density at radius 2 is 2.00 bits per heavy atom. The molecule has 0 aliphatic rings. The molecular weight excluding hydrogens is 328 g/mol. The van der Waals surface area contributed by atoms with E-state index in [1.54, 1.807) is 20.8 Å². The summed E-state index contributed by atoms with van der Waals surface area (Å²) in [4.78, 5) is 27.4. The number of rotatable bonds is 7. The molecule has 2 aromatic rings. The summed E-state index contributed by atoms with van der Waals surface area (Å²) >= 11 is 1.37. The number of unbranched alkanes of at least 4 members (excludes halogenated alkanes) is 1. The van der Waals surface area contributed by atoms with Gasteiger partial charge >= 0.3 is 5.97 Å². The van der Waals surface area contributed by atoms with Crippen molar-refractivity contribution >= 4 is 28.3 Å². The predicted octanol–water partition coefficient (Wildman–Crippen LogP) is 3.25. The molecule has 0 bridgehead atoms. The number of nitrogens with one attached hydrogen (secondary N) is 2. The first-order valence-corrected chi connectivity index (χ1v) is 8.79. The van der Waals surface area contributed by atoms with Gasteiger partial charge in [-0.2, -0.15) is 0 Å². The molecule has 0 spiro atoms. The molecule has 2 heterocycles. The Hall–Kier alpha value is -2.22. The van der Waals surface area contributed by atoms with Crippen LogP contribution in [0.15, 0.2) is 0 Å². The van der Waals surface area contributed by atoms with Crippen LogP contribution in [0.5, 0.6) is 0 Å². The van der Waals surface area contributed by atoms with Crippen LogP contribution in [-0.2, 0) is 11.2 Å². The first-order chi connectivity index (χ1) is 11.5. The fourth-order valence-corrected chi connectivity index (χ4v) is 3.16. The molecule has 2 N–H and O–H groups in total. The maximum atomic E-state index is 12.4. The number of carbonyl (C=O) groups is 2. The van der Waals surface area contributed by atoms with Gasteiger partial charge in [-0.3, -0.25) is 10.1 Å². The minimum absolute atomic E-state index is 0.287. The highest BCUT2D eigenvalue weighted by Crippen LogP contribution is 2.22. The number of aromatic amines is 1. The molecule has 130 valence electrons. The maximum Gasteiger partial charge on any atom is 0.340 e. The zero-order valence-corrected chi connectivity index (χ0v) is 15.2. The van der Waals surface area contributed by atoms with Gasteiger partial charge in [0.1, 0.15) is 10.7 Å². The van der Waals surface area contributed by atoms with Gasteiger partial charge in [0, 0.05) is 12.1 Å². The van der Waals surface area contributed by atoms with Gasteiger partial charge in [0.2, 0.25) is 5.13 Å². The molecule has 7 nitrogen and oxygen atoms in total. The molecule has 0 aromatic carbocycles. The third-order valence-corrected chi connectivity index (χ3v) is 4.47. The lowest BCUT2D eigenvalue weighted by molar-refractivity contribution is 0.0525. The minimum Gasteiger partial charge on any atom is -0.462 e. The Balaban J connectivity index is 2.14. The number of H-pyrrole nitrogens is 1. The minimum atomic E-state index is -0.430. The molecule has 0 fully saturated rings. The highest BCUT2D eigenvalue weighted by Gasteiger charge is 2.23. The van der Waals surface area contributed by atoms with E-state index in [1.807, 2.05) is 0 Å². The number of esters is 1. The molecular formula is C16H22N4O3S. The average molecular weight is 350 g/mol. The van der Waals surface area contributed by atoms with Crippen molar-refractivity contribution in [1.82, 2.24) is 15.2 Å². The van der Waals surface area contributed by atoms with Crippen LogP contribution in [0.3, 0.4) is 0 Å². The molecule has 0 saturated heterocycles. The molecule has 0 aliphatic heterocycles. The predicted molar refractivity (Wildman–Crippen MR) is 92.7 cm³/mol. The summed E-state index contributed by atoms with van der Waals surface area (Å²) in [7, 11) is 0. The van der Waals surface area contributed by atoms with E-state index in [0.717, 1.165) is 24.3 Å². The van der Waals surface area contributed by atoms with Crippen molar-refractivity contribution in [3.63, 3.8) is 0 Å². The van der Waals surface area contributed by atoms with Crippen molar-refractivity contribution in [3.8, 4) is 0 Å². The van der Waals surface area contributed by atoms with E-state index in [1.165, 1.54) is 11.3 Å².